The van der Waals surface area contributed by atoms with Gasteiger partial charge in [-0.15, -0.1) is 0 Å². The molecule has 1 aromatic heterocycles. The van der Waals surface area contributed by atoms with E-state index >= 15 is 0 Å². The molecular weight excluding hydrogens is 210 g/mol. The molecule has 2 rings (SSSR count). The van der Waals surface area contributed by atoms with E-state index in [9.17, 15) is 4.79 Å². The van der Waals surface area contributed by atoms with Crippen LogP contribution in [0.2, 0.25) is 0 Å². The summed E-state index contributed by atoms with van der Waals surface area (Å²) in [6.07, 6.45) is 0. The summed E-state index contributed by atoms with van der Waals surface area (Å²) in [6, 6.07) is 7.49. The van der Waals surface area contributed by atoms with Gasteiger partial charge in [0.05, 0.1) is 0 Å². The van der Waals surface area contributed by atoms with Crippen molar-refractivity contribution >= 4 is 10.9 Å². The Labute approximate surface area is 104 Å². The normalized spacial score (nSPS) is 8.82. The molecule has 0 aliphatic heterocycles. The molecule has 0 saturated heterocycles. The number of aromatic amines is 1. The lowest BCUT2D eigenvalue weighted by Crippen LogP contribution is -2.02. The summed E-state index contributed by atoms with van der Waals surface area (Å²) < 4.78 is 0. The zero-order valence-electron chi connectivity index (χ0n) is 11.7. The molecule has 1 heterocycles. The van der Waals surface area contributed by atoms with Crippen molar-refractivity contribution in [3.8, 4) is 0 Å². The van der Waals surface area contributed by atoms with Crippen molar-refractivity contribution in [2.45, 2.75) is 41.5 Å². The van der Waals surface area contributed by atoms with Crippen LogP contribution in [0.1, 0.15) is 38.8 Å². The Kier molecular flexibility index (Phi) is 6.95. The van der Waals surface area contributed by atoms with Crippen molar-refractivity contribution in [3.63, 3.8) is 0 Å². The fourth-order valence-corrected chi connectivity index (χ4v) is 1.42. The highest BCUT2D eigenvalue weighted by Gasteiger charge is 1.97. The summed E-state index contributed by atoms with van der Waals surface area (Å²) in [6.45, 7) is 12.1. The van der Waals surface area contributed by atoms with Crippen LogP contribution < -0.4 is 5.56 Å². The van der Waals surface area contributed by atoms with Crippen LogP contribution in [0, 0.1) is 13.8 Å². The minimum absolute atomic E-state index is 0.0456. The van der Waals surface area contributed by atoms with Crippen LogP contribution in [0.25, 0.3) is 10.9 Å². The van der Waals surface area contributed by atoms with Crippen molar-refractivity contribution in [3.05, 3.63) is 45.7 Å². The third kappa shape index (κ3) is 4.06. The molecule has 1 N–H and O–H groups in total. The standard InChI is InChI=1S/C11H11NO.2C2H6/c1-7-5-9-3-4-11(13)12-10(9)6-8(7)2;2*1-2/h3-6H,1-2H3,(H,12,13);2*1-2H3. The molecule has 2 nitrogen and oxygen atoms in total. The SMILES string of the molecule is CC.CC.Cc1cc2ccc(=O)[nH]c2cc1C. The van der Waals surface area contributed by atoms with Gasteiger partial charge in [-0.3, -0.25) is 4.79 Å². The average Bonchev–Trinajstić information content (AvgIpc) is 2.36. The lowest BCUT2D eigenvalue weighted by Gasteiger charge is -2.02. The van der Waals surface area contributed by atoms with Crippen LogP contribution in [0.5, 0.6) is 0 Å². The predicted molar refractivity (Wildman–Crippen MR) is 76.7 cm³/mol. The highest BCUT2D eigenvalue weighted by atomic mass is 16.1. The van der Waals surface area contributed by atoms with Crippen LogP contribution in [-0.4, -0.2) is 4.98 Å². The van der Waals surface area contributed by atoms with Gasteiger partial charge in [0.2, 0.25) is 5.56 Å². The summed E-state index contributed by atoms with van der Waals surface area (Å²) in [7, 11) is 0. The topological polar surface area (TPSA) is 32.9 Å². The van der Waals surface area contributed by atoms with E-state index in [-0.39, 0.29) is 5.56 Å². The second kappa shape index (κ2) is 7.66. The summed E-state index contributed by atoms with van der Waals surface area (Å²) >= 11 is 0. The van der Waals surface area contributed by atoms with E-state index in [1.165, 1.54) is 11.1 Å². The third-order valence-electron chi connectivity index (χ3n) is 2.34. The Morgan fingerprint density at radius 2 is 1.41 bits per heavy atom. The molecule has 0 bridgehead atoms. The third-order valence-corrected chi connectivity index (χ3v) is 2.34. The first-order valence-electron chi connectivity index (χ1n) is 6.27. The van der Waals surface area contributed by atoms with Crippen LogP contribution in [0.4, 0.5) is 0 Å². The number of pyridine rings is 1. The monoisotopic (exact) mass is 233 g/mol. The molecule has 17 heavy (non-hydrogen) atoms. The minimum atomic E-state index is -0.0456. The number of hydrogen-bond acceptors (Lipinski definition) is 1. The molecular formula is C15H23NO. The van der Waals surface area contributed by atoms with Crippen molar-refractivity contribution in [2.75, 3.05) is 0 Å². The number of rotatable bonds is 0. The maximum atomic E-state index is 11.0. The Morgan fingerprint density at radius 3 is 2.00 bits per heavy atom. The van der Waals surface area contributed by atoms with Crippen molar-refractivity contribution in [2.24, 2.45) is 0 Å². The molecule has 0 aliphatic carbocycles. The van der Waals surface area contributed by atoms with Crippen LogP contribution in [0.3, 0.4) is 0 Å². The first kappa shape index (κ1) is 15.4. The van der Waals surface area contributed by atoms with Gasteiger partial charge in [-0.25, -0.2) is 0 Å². The van der Waals surface area contributed by atoms with Gasteiger partial charge in [0, 0.05) is 11.6 Å². The fraction of sp³-hybridized carbons (Fsp3) is 0.400. The minimum Gasteiger partial charge on any atom is -0.322 e. The summed E-state index contributed by atoms with van der Waals surface area (Å²) in [5.41, 5.74) is 3.32. The van der Waals surface area contributed by atoms with Gasteiger partial charge in [-0.05, 0) is 48.6 Å². The molecule has 0 radical (unpaired) electrons. The number of fused-ring (bicyclic) bond motifs is 1. The summed E-state index contributed by atoms with van der Waals surface area (Å²) in [4.78, 5) is 13.8. The first-order chi connectivity index (χ1) is 8.16. The molecule has 1 aromatic carbocycles. The molecule has 94 valence electrons. The Hall–Kier alpha value is -1.57. The highest BCUT2D eigenvalue weighted by Crippen LogP contribution is 2.15. The lowest BCUT2D eigenvalue weighted by molar-refractivity contribution is 1.28. The van der Waals surface area contributed by atoms with Gasteiger partial charge in [-0.1, -0.05) is 27.7 Å². The Bertz CT molecular complexity index is 512. The quantitative estimate of drug-likeness (QED) is 0.727. The van der Waals surface area contributed by atoms with E-state index in [4.69, 9.17) is 0 Å². The molecule has 0 unspecified atom stereocenters. The molecule has 0 spiro atoms. The molecule has 2 aromatic rings. The molecule has 0 saturated carbocycles. The number of hydrogen-bond donors (Lipinski definition) is 1. The second-order valence-electron chi connectivity index (χ2n) is 3.35. The number of H-pyrrole nitrogens is 1. The zero-order valence-corrected chi connectivity index (χ0v) is 11.7. The largest absolute Gasteiger partial charge is 0.322 e. The zero-order chi connectivity index (χ0) is 13.4. The van der Waals surface area contributed by atoms with Crippen LogP contribution in [-0.2, 0) is 0 Å². The first-order valence-corrected chi connectivity index (χ1v) is 6.27. The molecule has 0 amide bonds. The van der Waals surface area contributed by atoms with Gasteiger partial charge in [0.1, 0.15) is 0 Å². The van der Waals surface area contributed by atoms with E-state index in [1.807, 2.05) is 46.8 Å². The maximum Gasteiger partial charge on any atom is 0.248 e. The van der Waals surface area contributed by atoms with E-state index in [2.05, 4.69) is 18.0 Å². The Morgan fingerprint density at radius 1 is 0.882 bits per heavy atom. The van der Waals surface area contributed by atoms with E-state index in [1.54, 1.807) is 6.07 Å². The summed E-state index contributed by atoms with van der Waals surface area (Å²) in [5.74, 6) is 0. The van der Waals surface area contributed by atoms with Gasteiger partial charge in [0.15, 0.2) is 0 Å². The van der Waals surface area contributed by atoms with Gasteiger partial charge < -0.3 is 4.98 Å². The van der Waals surface area contributed by atoms with Crippen molar-refractivity contribution in [1.82, 2.24) is 4.98 Å². The number of aromatic nitrogens is 1. The van der Waals surface area contributed by atoms with Gasteiger partial charge in [-0.2, -0.15) is 0 Å². The Balaban J connectivity index is 0.000000581. The van der Waals surface area contributed by atoms with E-state index < -0.39 is 0 Å². The maximum absolute atomic E-state index is 11.0. The second-order valence-corrected chi connectivity index (χ2v) is 3.35. The molecule has 0 fully saturated rings. The number of benzene rings is 1. The molecule has 0 aliphatic rings. The smallest absolute Gasteiger partial charge is 0.248 e. The van der Waals surface area contributed by atoms with Crippen molar-refractivity contribution in [1.29, 1.82) is 0 Å². The van der Waals surface area contributed by atoms with Crippen LogP contribution in [0.15, 0.2) is 29.1 Å². The summed E-state index contributed by atoms with van der Waals surface area (Å²) in [5, 5.41) is 1.09. The van der Waals surface area contributed by atoms with Crippen LogP contribution >= 0.6 is 0 Å². The van der Waals surface area contributed by atoms with Crippen molar-refractivity contribution < 1.29 is 0 Å². The van der Waals surface area contributed by atoms with E-state index in [0.717, 1.165) is 10.9 Å². The predicted octanol–water partition coefficient (Wildman–Crippen LogP) is 4.20. The fourth-order valence-electron chi connectivity index (χ4n) is 1.42. The molecule has 2 heteroatoms. The lowest BCUT2D eigenvalue weighted by atomic mass is 10.1. The number of nitrogens with one attached hydrogen (secondary N) is 1. The average molecular weight is 233 g/mol. The van der Waals surface area contributed by atoms with E-state index in [0.29, 0.717) is 0 Å². The van der Waals surface area contributed by atoms with Gasteiger partial charge in [0.25, 0.3) is 0 Å². The number of aryl methyl sites for hydroxylation is 2. The molecule has 0 atom stereocenters. The highest BCUT2D eigenvalue weighted by molar-refractivity contribution is 5.79. The van der Waals surface area contributed by atoms with Gasteiger partial charge >= 0.3 is 0 Å².